The van der Waals surface area contributed by atoms with Gasteiger partial charge in [-0.1, -0.05) is 37.0 Å². The molecule has 0 aliphatic carbocycles. The van der Waals surface area contributed by atoms with Crippen LogP contribution in [0.1, 0.15) is 0 Å². The van der Waals surface area contributed by atoms with Crippen LogP contribution in [0.5, 0.6) is 0 Å². The Morgan fingerprint density at radius 1 is 0.900 bits per heavy atom. The van der Waals surface area contributed by atoms with Crippen molar-refractivity contribution < 1.29 is 0 Å². The molecular formula is C17H17NSSi. The fraction of sp³-hybridized carbons (Fsp3) is 0.176. The highest BCUT2D eigenvalue weighted by Crippen LogP contribution is 2.35. The summed E-state index contributed by atoms with van der Waals surface area (Å²) in [4.78, 5) is 3.32. The summed E-state index contributed by atoms with van der Waals surface area (Å²) in [5.74, 6) is 0. The number of rotatable bonds is 1. The van der Waals surface area contributed by atoms with Gasteiger partial charge in [-0.2, -0.15) is 0 Å². The minimum atomic E-state index is -1.26. The molecule has 0 radical (unpaired) electrons. The number of benzene rings is 2. The van der Waals surface area contributed by atoms with Gasteiger partial charge in [-0.15, -0.1) is 11.3 Å². The van der Waals surface area contributed by atoms with Gasteiger partial charge in [0.05, 0.1) is 8.07 Å². The second kappa shape index (κ2) is 3.96. The van der Waals surface area contributed by atoms with Gasteiger partial charge in [0.15, 0.2) is 0 Å². The third-order valence-corrected chi connectivity index (χ3v) is 7.19. The predicted octanol–water partition coefficient (Wildman–Crippen LogP) is 5.08. The maximum Gasteiger partial charge on any atom is 0.0776 e. The van der Waals surface area contributed by atoms with Crippen LogP contribution in [0.4, 0.5) is 0 Å². The molecule has 0 aliphatic heterocycles. The summed E-state index contributed by atoms with van der Waals surface area (Å²) < 4.78 is 2.79. The highest BCUT2D eigenvalue weighted by molar-refractivity contribution is 7.26. The molecule has 1 nitrogen and oxygen atoms in total. The maximum absolute atomic E-state index is 3.32. The lowest BCUT2D eigenvalue weighted by Gasteiger charge is -2.16. The van der Waals surface area contributed by atoms with Gasteiger partial charge in [-0.05, 0) is 24.3 Å². The quantitative estimate of drug-likeness (QED) is 0.471. The Hall–Kier alpha value is -1.58. The second-order valence-electron chi connectivity index (χ2n) is 6.48. The average Bonchev–Trinajstić information content (AvgIpc) is 2.97. The normalized spacial score (nSPS) is 12.8. The molecule has 0 unspecified atom stereocenters. The lowest BCUT2D eigenvalue weighted by Crippen LogP contribution is -2.37. The molecule has 2 aromatic heterocycles. The summed E-state index contributed by atoms with van der Waals surface area (Å²) in [6.45, 7) is 7.23. The van der Waals surface area contributed by atoms with Crippen LogP contribution in [-0.4, -0.2) is 13.1 Å². The molecule has 0 spiro atoms. The Kier molecular flexibility index (Phi) is 2.41. The highest BCUT2D eigenvalue weighted by Gasteiger charge is 2.17. The SMILES string of the molecule is C[Si](C)(C)c1ccc2sc3cc4cc[nH]c4cc3c2c1. The molecule has 0 aliphatic rings. The molecule has 3 heteroatoms. The van der Waals surface area contributed by atoms with Gasteiger partial charge < -0.3 is 4.98 Å². The minimum Gasteiger partial charge on any atom is -0.361 e. The molecule has 100 valence electrons. The van der Waals surface area contributed by atoms with Gasteiger partial charge in [-0.25, -0.2) is 0 Å². The minimum absolute atomic E-state index is 1.23. The molecule has 4 rings (SSSR count). The number of hydrogen-bond donors (Lipinski definition) is 1. The number of thiophene rings is 1. The van der Waals surface area contributed by atoms with Crippen LogP contribution in [0.25, 0.3) is 31.1 Å². The van der Waals surface area contributed by atoms with Crippen molar-refractivity contribution in [3.8, 4) is 0 Å². The Morgan fingerprint density at radius 2 is 1.70 bits per heavy atom. The summed E-state index contributed by atoms with van der Waals surface area (Å²) in [6, 6.07) is 13.8. The number of aromatic nitrogens is 1. The van der Waals surface area contributed by atoms with E-state index in [9.17, 15) is 0 Å². The first-order valence-corrected chi connectivity index (χ1v) is 11.3. The fourth-order valence-electron chi connectivity index (χ4n) is 2.79. The molecule has 0 saturated heterocycles. The molecular weight excluding hydrogens is 278 g/mol. The van der Waals surface area contributed by atoms with Crippen molar-refractivity contribution in [2.45, 2.75) is 19.6 Å². The lowest BCUT2D eigenvalue weighted by atomic mass is 10.1. The van der Waals surface area contributed by atoms with E-state index in [0.717, 1.165) is 0 Å². The topological polar surface area (TPSA) is 15.8 Å². The Bertz CT molecular complexity index is 940. The largest absolute Gasteiger partial charge is 0.361 e. The van der Waals surface area contributed by atoms with Crippen LogP contribution in [0.2, 0.25) is 19.6 Å². The standard InChI is InChI=1S/C17H17NSSi/c1-20(2,3)12-4-5-16-13(9-12)14-10-15-11(6-7-18-15)8-17(14)19-16/h4-10,18H,1-3H3. The first-order chi connectivity index (χ1) is 9.52. The molecule has 0 amide bonds. The Balaban J connectivity index is 2.12. The van der Waals surface area contributed by atoms with E-state index in [2.05, 4.69) is 61.0 Å². The third-order valence-electron chi connectivity index (χ3n) is 4.01. The van der Waals surface area contributed by atoms with E-state index in [1.807, 2.05) is 17.5 Å². The van der Waals surface area contributed by atoms with Crippen LogP contribution in [0, 0.1) is 0 Å². The predicted molar refractivity (Wildman–Crippen MR) is 94.2 cm³/mol. The summed E-state index contributed by atoms with van der Waals surface area (Å²) in [5.41, 5.74) is 1.23. The van der Waals surface area contributed by atoms with Crippen molar-refractivity contribution in [3.63, 3.8) is 0 Å². The maximum atomic E-state index is 3.32. The van der Waals surface area contributed by atoms with Crippen LogP contribution in [-0.2, 0) is 0 Å². The van der Waals surface area contributed by atoms with E-state index < -0.39 is 8.07 Å². The zero-order valence-electron chi connectivity index (χ0n) is 11.9. The molecule has 0 saturated carbocycles. The number of nitrogens with one attached hydrogen (secondary N) is 1. The lowest BCUT2D eigenvalue weighted by molar-refractivity contribution is 1.48. The molecule has 2 aromatic carbocycles. The van der Waals surface area contributed by atoms with Crippen molar-refractivity contribution >= 4 is 55.7 Å². The average molecular weight is 295 g/mol. The summed E-state index contributed by atoms with van der Waals surface area (Å²) in [6.07, 6.45) is 2.02. The van der Waals surface area contributed by atoms with E-state index in [-0.39, 0.29) is 0 Å². The molecule has 1 N–H and O–H groups in total. The first-order valence-electron chi connectivity index (χ1n) is 6.96. The van der Waals surface area contributed by atoms with Crippen molar-refractivity contribution in [1.82, 2.24) is 4.98 Å². The van der Waals surface area contributed by atoms with Gasteiger partial charge in [0.25, 0.3) is 0 Å². The van der Waals surface area contributed by atoms with E-state index in [4.69, 9.17) is 0 Å². The van der Waals surface area contributed by atoms with E-state index in [1.54, 1.807) is 0 Å². The van der Waals surface area contributed by atoms with Gasteiger partial charge in [0, 0.05) is 37.3 Å². The number of fused-ring (bicyclic) bond motifs is 4. The molecule has 4 aromatic rings. The van der Waals surface area contributed by atoms with Crippen molar-refractivity contribution in [1.29, 1.82) is 0 Å². The number of aromatic amines is 1. The molecule has 0 fully saturated rings. The van der Waals surface area contributed by atoms with Crippen LogP contribution < -0.4 is 5.19 Å². The van der Waals surface area contributed by atoms with Gasteiger partial charge in [0.2, 0.25) is 0 Å². The van der Waals surface area contributed by atoms with E-state index in [0.29, 0.717) is 0 Å². The third kappa shape index (κ3) is 1.74. The van der Waals surface area contributed by atoms with Crippen molar-refractivity contribution in [2.75, 3.05) is 0 Å². The Labute approximate surface area is 123 Å². The number of H-pyrrole nitrogens is 1. The molecule has 20 heavy (non-hydrogen) atoms. The van der Waals surface area contributed by atoms with Crippen molar-refractivity contribution in [2.24, 2.45) is 0 Å². The van der Waals surface area contributed by atoms with Crippen LogP contribution in [0.15, 0.2) is 42.6 Å². The van der Waals surface area contributed by atoms with Gasteiger partial charge in [0.1, 0.15) is 0 Å². The molecule has 0 atom stereocenters. The van der Waals surface area contributed by atoms with E-state index in [1.165, 1.54) is 36.3 Å². The second-order valence-corrected chi connectivity index (χ2v) is 12.6. The van der Waals surface area contributed by atoms with Crippen LogP contribution in [0.3, 0.4) is 0 Å². The molecule has 0 bridgehead atoms. The highest BCUT2D eigenvalue weighted by atomic mass is 32.1. The van der Waals surface area contributed by atoms with Crippen LogP contribution >= 0.6 is 11.3 Å². The fourth-order valence-corrected chi connectivity index (χ4v) is 5.07. The monoisotopic (exact) mass is 295 g/mol. The Morgan fingerprint density at radius 3 is 2.50 bits per heavy atom. The summed E-state index contributed by atoms with van der Waals surface area (Å²) >= 11 is 1.90. The zero-order chi connectivity index (χ0) is 13.9. The van der Waals surface area contributed by atoms with Gasteiger partial charge >= 0.3 is 0 Å². The summed E-state index contributed by atoms with van der Waals surface area (Å²) in [7, 11) is -1.26. The van der Waals surface area contributed by atoms with Crippen molar-refractivity contribution in [3.05, 3.63) is 42.6 Å². The van der Waals surface area contributed by atoms with E-state index >= 15 is 0 Å². The first kappa shape index (κ1) is 12.2. The summed E-state index contributed by atoms with van der Waals surface area (Å²) in [5, 5.41) is 5.65. The number of hydrogen-bond acceptors (Lipinski definition) is 1. The zero-order valence-corrected chi connectivity index (χ0v) is 13.8. The molecule has 2 heterocycles. The smallest absolute Gasteiger partial charge is 0.0776 e. The van der Waals surface area contributed by atoms with Gasteiger partial charge in [-0.3, -0.25) is 0 Å².